The fourth-order valence-electron chi connectivity index (χ4n) is 3.28. The number of carbonyl (C=O) groups excluding carboxylic acids is 2. The van der Waals surface area contributed by atoms with Gasteiger partial charge in [0.15, 0.2) is 0 Å². The Morgan fingerprint density at radius 3 is 2.26 bits per heavy atom. The molecule has 0 aliphatic carbocycles. The number of benzene rings is 2. The van der Waals surface area contributed by atoms with Crippen molar-refractivity contribution in [3.05, 3.63) is 70.1 Å². The Balaban J connectivity index is 1.92. The number of aliphatic hydroxyl groups is 1. The summed E-state index contributed by atoms with van der Waals surface area (Å²) in [5.74, 6) is -1.14. The van der Waals surface area contributed by atoms with Gasteiger partial charge in [-0.2, -0.15) is 8.42 Å². The molecule has 0 saturated heterocycles. The predicted molar refractivity (Wildman–Crippen MR) is 138 cm³/mol. The lowest BCUT2D eigenvalue weighted by atomic mass is 10.0. The summed E-state index contributed by atoms with van der Waals surface area (Å²) in [7, 11) is -2.81. The van der Waals surface area contributed by atoms with Crippen molar-refractivity contribution < 1.29 is 36.8 Å². The molecule has 2 aromatic rings. The first-order valence-electron chi connectivity index (χ1n) is 11.7. The van der Waals surface area contributed by atoms with Gasteiger partial charge in [0, 0.05) is 11.3 Å². The number of carbonyl (C=O) groups is 2. The van der Waals surface area contributed by atoms with Crippen molar-refractivity contribution >= 4 is 22.0 Å². The van der Waals surface area contributed by atoms with E-state index < -0.39 is 46.8 Å². The quantitative estimate of drug-likeness (QED) is 0.119. The maximum atomic E-state index is 12.5. The molecule has 0 radical (unpaired) electrons. The number of amides is 1. The first-order valence-corrected chi connectivity index (χ1v) is 13.2. The van der Waals surface area contributed by atoms with Gasteiger partial charge in [0.1, 0.15) is 30.5 Å². The summed E-state index contributed by atoms with van der Waals surface area (Å²) < 4.78 is 39.7. The molecule has 206 valence electrons. The molecule has 0 fully saturated rings. The summed E-state index contributed by atoms with van der Waals surface area (Å²) in [5.41, 5.74) is 10.3. The molecule has 38 heavy (non-hydrogen) atoms. The predicted octanol–water partition coefficient (Wildman–Crippen LogP) is 2.68. The molecule has 0 bridgehead atoms. The third-order valence-corrected chi connectivity index (χ3v) is 6.71. The fraction of sp³-hybridized carbons (Fsp3) is 0.440. The van der Waals surface area contributed by atoms with Gasteiger partial charge >= 0.3 is 5.97 Å². The summed E-state index contributed by atoms with van der Waals surface area (Å²) in [6.45, 7) is 4.56. The maximum absolute atomic E-state index is 12.5. The fourth-order valence-corrected chi connectivity index (χ4v) is 4.22. The Morgan fingerprint density at radius 2 is 1.71 bits per heavy atom. The second-order valence-corrected chi connectivity index (χ2v) is 10.5. The number of rotatable bonds is 14. The van der Waals surface area contributed by atoms with E-state index in [0.717, 1.165) is 5.56 Å². The maximum Gasteiger partial charge on any atom is 0.328 e. The highest BCUT2D eigenvalue weighted by Crippen LogP contribution is 2.16. The number of hydrogen-bond donors (Lipinski definition) is 2. The Labute approximate surface area is 221 Å². The number of aliphatic hydroxyl groups excluding tert-OH is 1. The van der Waals surface area contributed by atoms with Crippen LogP contribution in [0.15, 0.2) is 58.5 Å². The van der Waals surface area contributed by atoms with Gasteiger partial charge in [-0.05, 0) is 48.2 Å². The van der Waals surface area contributed by atoms with Crippen LogP contribution in [0.25, 0.3) is 10.4 Å². The molecule has 3 atom stereocenters. The van der Waals surface area contributed by atoms with Crippen molar-refractivity contribution in [2.24, 2.45) is 11.0 Å². The second-order valence-electron chi connectivity index (χ2n) is 8.84. The van der Waals surface area contributed by atoms with Crippen LogP contribution in [0, 0.1) is 12.8 Å². The zero-order chi connectivity index (χ0) is 28.3. The number of esters is 1. The van der Waals surface area contributed by atoms with Gasteiger partial charge in [0.05, 0.1) is 18.6 Å². The van der Waals surface area contributed by atoms with Crippen molar-refractivity contribution in [3.8, 4) is 5.75 Å². The highest BCUT2D eigenvalue weighted by molar-refractivity contribution is 7.86. The summed E-state index contributed by atoms with van der Waals surface area (Å²) >= 11 is 0. The topological polar surface area (TPSA) is 177 Å². The minimum atomic E-state index is -4.01. The van der Waals surface area contributed by atoms with E-state index in [4.69, 9.17) is 19.2 Å². The highest BCUT2D eigenvalue weighted by atomic mass is 32.2. The molecular weight excluding hydrogens is 516 g/mol. The van der Waals surface area contributed by atoms with Crippen LogP contribution in [0.5, 0.6) is 5.75 Å². The minimum Gasteiger partial charge on any atom is -0.491 e. The zero-order valence-electron chi connectivity index (χ0n) is 21.6. The molecule has 0 spiro atoms. The van der Waals surface area contributed by atoms with Gasteiger partial charge < -0.3 is 19.9 Å². The standard InChI is InChI=1S/C25H32N4O8S/c1-16(2)23(28-29-26)24(31)27-22(25(32)35-4)13-18-7-9-20(10-8-18)36-14-19(30)15-37-38(33,34)21-11-5-17(3)6-12-21/h5-12,16,19,22-23,30H,13-15H2,1-4H3,(H,27,31)/t19-,22?,23-/m0/s1. The molecule has 0 heterocycles. The van der Waals surface area contributed by atoms with Crippen molar-refractivity contribution in [3.63, 3.8) is 0 Å². The third kappa shape index (κ3) is 9.34. The highest BCUT2D eigenvalue weighted by Gasteiger charge is 2.27. The number of nitrogens with one attached hydrogen (secondary N) is 1. The number of methoxy groups -OCH3 is 1. The van der Waals surface area contributed by atoms with E-state index in [1.165, 1.54) is 19.2 Å². The van der Waals surface area contributed by atoms with Gasteiger partial charge in [0.2, 0.25) is 5.91 Å². The molecule has 12 nitrogen and oxygen atoms in total. The van der Waals surface area contributed by atoms with Crippen LogP contribution < -0.4 is 10.1 Å². The van der Waals surface area contributed by atoms with E-state index in [0.29, 0.717) is 11.3 Å². The molecule has 1 unspecified atom stereocenters. The van der Waals surface area contributed by atoms with Crippen molar-refractivity contribution in [1.82, 2.24) is 5.32 Å². The van der Waals surface area contributed by atoms with E-state index in [9.17, 15) is 23.1 Å². The van der Waals surface area contributed by atoms with Gasteiger partial charge in [-0.3, -0.25) is 8.98 Å². The van der Waals surface area contributed by atoms with Gasteiger partial charge in [-0.1, -0.05) is 48.8 Å². The van der Waals surface area contributed by atoms with Crippen LogP contribution in [0.2, 0.25) is 0 Å². The smallest absolute Gasteiger partial charge is 0.328 e. The van der Waals surface area contributed by atoms with E-state index in [1.54, 1.807) is 50.2 Å². The molecule has 2 rings (SSSR count). The lowest BCUT2D eigenvalue weighted by Crippen LogP contribution is -2.47. The SMILES string of the molecule is COC(=O)C(Cc1ccc(OC[C@H](O)COS(=O)(=O)c2ccc(C)cc2)cc1)NC(=O)[C@@H](N=[N+]=[N-])C(C)C. The summed E-state index contributed by atoms with van der Waals surface area (Å²) in [6, 6.07) is 10.7. The van der Waals surface area contributed by atoms with E-state index in [-0.39, 0.29) is 23.8 Å². The van der Waals surface area contributed by atoms with Crippen LogP contribution in [-0.2, 0) is 35.0 Å². The Hall–Kier alpha value is -3.64. The molecule has 0 aromatic heterocycles. The van der Waals surface area contributed by atoms with E-state index in [2.05, 4.69) is 15.3 Å². The zero-order valence-corrected chi connectivity index (χ0v) is 22.4. The van der Waals surface area contributed by atoms with Gasteiger partial charge in [-0.15, -0.1) is 0 Å². The molecule has 0 aliphatic heterocycles. The molecule has 1 amide bonds. The minimum absolute atomic E-state index is 0.00854. The van der Waals surface area contributed by atoms with Crippen LogP contribution in [-0.4, -0.2) is 63.9 Å². The molecule has 2 aromatic carbocycles. The first-order chi connectivity index (χ1) is 18.0. The van der Waals surface area contributed by atoms with Crippen LogP contribution in [0.3, 0.4) is 0 Å². The molecule has 2 N–H and O–H groups in total. The number of hydrogen-bond acceptors (Lipinski definition) is 9. The average molecular weight is 549 g/mol. The summed E-state index contributed by atoms with van der Waals surface area (Å²) in [5, 5.41) is 16.2. The van der Waals surface area contributed by atoms with Crippen molar-refractivity contribution in [2.75, 3.05) is 20.3 Å². The molecule has 13 heteroatoms. The molecule has 0 aliphatic rings. The monoisotopic (exact) mass is 548 g/mol. The lowest BCUT2D eigenvalue weighted by molar-refractivity contribution is -0.145. The number of nitrogens with zero attached hydrogens (tertiary/aromatic N) is 3. The normalized spacial score (nSPS) is 13.6. The van der Waals surface area contributed by atoms with Crippen LogP contribution in [0.4, 0.5) is 0 Å². The Bertz CT molecular complexity index is 1230. The van der Waals surface area contributed by atoms with Crippen LogP contribution >= 0.6 is 0 Å². The molecular formula is C25H32N4O8S. The van der Waals surface area contributed by atoms with Crippen molar-refractivity contribution in [2.45, 2.75) is 50.3 Å². The van der Waals surface area contributed by atoms with E-state index in [1.807, 2.05) is 6.92 Å². The average Bonchev–Trinajstić information content (AvgIpc) is 2.89. The van der Waals surface area contributed by atoms with Crippen molar-refractivity contribution in [1.29, 1.82) is 0 Å². The Kier molecular flexibility index (Phi) is 11.5. The van der Waals surface area contributed by atoms with E-state index >= 15 is 0 Å². The number of aryl methyl sites for hydroxylation is 1. The number of ether oxygens (including phenoxy) is 2. The Morgan fingerprint density at radius 1 is 1.08 bits per heavy atom. The first kappa shape index (κ1) is 30.6. The third-order valence-electron chi connectivity index (χ3n) is 5.41. The van der Waals surface area contributed by atoms with Crippen LogP contribution in [0.1, 0.15) is 25.0 Å². The summed E-state index contributed by atoms with van der Waals surface area (Å²) in [6.07, 6.45) is -1.11. The second kappa shape index (κ2) is 14.3. The molecule has 0 saturated carbocycles. The largest absolute Gasteiger partial charge is 0.491 e. The van der Waals surface area contributed by atoms with Gasteiger partial charge in [0.25, 0.3) is 10.1 Å². The van der Waals surface area contributed by atoms with Gasteiger partial charge in [-0.25, -0.2) is 4.79 Å². The summed E-state index contributed by atoms with van der Waals surface area (Å²) in [4.78, 5) is 27.5. The lowest BCUT2D eigenvalue weighted by Gasteiger charge is -2.21. The number of azide groups is 1.